The first kappa shape index (κ1) is 15.4. The molecule has 21 heavy (non-hydrogen) atoms. The van der Waals surface area contributed by atoms with Crippen LogP contribution in [0.25, 0.3) is 6.08 Å². The number of aldehydes is 1. The summed E-state index contributed by atoms with van der Waals surface area (Å²) >= 11 is 0. The quantitative estimate of drug-likeness (QED) is 0.607. The molecule has 1 aromatic carbocycles. The highest BCUT2D eigenvalue weighted by molar-refractivity contribution is 7.83. The molecule has 1 heterocycles. The summed E-state index contributed by atoms with van der Waals surface area (Å²) in [4.78, 5) is 13.1. The van der Waals surface area contributed by atoms with Crippen LogP contribution in [0.5, 0.6) is 0 Å². The maximum atomic E-state index is 12.4. The van der Waals surface area contributed by atoms with Gasteiger partial charge in [-0.1, -0.05) is 18.2 Å². The van der Waals surface area contributed by atoms with Crippen LogP contribution >= 0.6 is 0 Å². The largest absolute Gasteiger partial charge is 0.305 e. The monoisotopic (exact) mass is 302 g/mol. The summed E-state index contributed by atoms with van der Waals surface area (Å²) in [5.41, 5.74) is 2.03. The minimum absolute atomic E-state index is 0.720. The van der Waals surface area contributed by atoms with Crippen LogP contribution in [0.15, 0.2) is 53.7 Å². The van der Waals surface area contributed by atoms with E-state index in [-0.39, 0.29) is 0 Å². The molecule has 0 N–H and O–H groups in total. The Kier molecular flexibility index (Phi) is 5.25. The normalized spacial score (nSPS) is 12.9. The maximum Gasteiger partial charge on any atom is 0.156 e. The van der Waals surface area contributed by atoms with Crippen molar-refractivity contribution in [2.45, 2.75) is 11.4 Å². The molecular formula is C16H18N2O2S. The minimum Gasteiger partial charge on any atom is -0.305 e. The fourth-order valence-corrected chi connectivity index (χ4v) is 2.94. The lowest BCUT2D eigenvalue weighted by Gasteiger charge is -2.10. The molecule has 0 bridgehead atoms. The summed E-state index contributed by atoms with van der Waals surface area (Å²) in [5.74, 6) is 0. The molecule has 2 rings (SSSR count). The van der Waals surface area contributed by atoms with E-state index in [1.54, 1.807) is 22.4 Å². The van der Waals surface area contributed by atoms with Crippen molar-refractivity contribution in [1.82, 2.24) is 8.87 Å². The Bertz CT molecular complexity index is 657. The fraction of sp³-hybridized carbons (Fsp3) is 0.188. The number of hydrogen-bond acceptors (Lipinski definition) is 3. The van der Waals surface area contributed by atoms with Gasteiger partial charge < -0.3 is 4.90 Å². The molecule has 1 aromatic heterocycles. The first-order valence-electron chi connectivity index (χ1n) is 6.56. The molecule has 1 atom stereocenters. The highest BCUT2D eigenvalue weighted by atomic mass is 32.2. The number of benzene rings is 1. The molecule has 0 saturated heterocycles. The van der Waals surface area contributed by atoms with Crippen molar-refractivity contribution in [2.75, 3.05) is 14.1 Å². The molecule has 0 aliphatic heterocycles. The zero-order valence-electron chi connectivity index (χ0n) is 12.1. The first-order valence-corrected chi connectivity index (χ1v) is 7.66. The number of aromatic nitrogens is 1. The summed E-state index contributed by atoms with van der Waals surface area (Å²) in [5, 5.41) is 0. The average Bonchev–Trinajstić information content (AvgIpc) is 2.93. The molecule has 0 amide bonds. The molecule has 110 valence electrons. The third-order valence-corrected chi connectivity index (χ3v) is 4.16. The third-order valence-electron chi connectivity index (χ3n) is 2.87. The van der Waals surface area contributed by atoms with Crippen LogP contribution in [0.1, 0.15) is 11.1 Å². The van der Waals surface area contributed by atoms with E-state index in [2.05, 4.69) is 4.90 Å². The van der Waals surface area contributed by atoms with Gasteiger partial charge in [0.1, 0.15) is 6.29 Å². The highest BCUT2D eigenvalue weighted by Crippen LogP contribution is 2.14. The number of nitrogens with zero attached hydrogens (tertiary/aromatic N) is 2. The van der Waals surface area contributed by atoms with E-state index in [0.29, 0.717) is 0 Å². The Morgan fingerprint density at radius 2 is 1.90 bits per heavy atom. The van der Waals surface area contributed by atoms with Crippen LogP contribution in [0.4, 0.5) is 0 Å². The second-order valence-corrected chi connectivity index (χ2v) is 6.32. The number of carbonyl (C=O) groups is 1. The van der Waals surface area contributed by atoms with Crippen LogP contribution in [0.2, 0.25) is 0 Å². The summed E-state index contributed by atoms with van der Waals surface area (Å²) in [7, 11) is 2.76. The van der Waals surface area contributed by atoms with Gasteiger partial charge in [0.2, 0.25) is 0 Å². The van der Waals surface area contributed by atoms with E-state index in [9.17, 15) is 9.00 Å². The van der Waals surface area contributed by atoms with Gasteiger partial charge in [-0.05, 0) is 49.5 Å². The number of rotatable bonds is 6. The SMILES string of the molecule is CN(C)Cc1ccc(S(=O)n2ccc(/C=C/C=O)c2)cc1. The van der Waals surface area contributed by atoms with Crippen molar-refractivity contribution < 1.29 is 9.00 Å². The second kappa shape index (κ2) is 7.15. The van der Waals surface area contributed by atoms with Crippen molar-refractivity contribution in [1.29, 1.82) is 0 Å². The minimum atomic E-state index is -1.27. The number of carbonyl (C=O) groups excluding carboxylic acids is 1. The first-order chi connectivity index (χ1) is 10.1. The van der Waals surface area contributed by atoms with E-state index in [1.807, 2.05) is 44.4 Å². The second-order valence-electron chi connectivity index (χ2n) is 4.93. The summed E-state index contributed by atoms with van der Waals surface area (Å²) < 4.78 is 14.1. The molecule has 1 unspecified atom stereocenters. The van der Waals surface area contributed by atoms with Gasteiger partial charge in [-0.2, -0.15) is 0 Å². The van der Waals surface area contributed by atoms with Crippen LogP contribution in [0, 0.1) is 0 Å². The van der Waals surface area contributed by atoms with E-state index >= 15 is 0 Å². The van der Waals surface area contributed by atoms with Crippen LogP contribution in [-0.4, -0.2) is 33.5 Å². The van der Waals surface area contributed by atoms with Gasteiger partial charge >= 0.3 is 0 Å². The van der Waals surface area contributed by atoms with Gasteiger partial charge in [-0.3, -0.25) is 8.77 Å². The zero-order valence-corrected chi connectivity index (χ0v) is 12.9. The van der Waals surface area contributed by atoms with Crippen LogP contribution in [-0.2, 0) is 22.3 Å². The summed E-state index contributed by atoms with van der Waals surface area (Å²) in [6.45, 7) is 0.858. The summed E-state index contributed by atoms with van der Waals surface area (Å²) in [6, 6.07) is 9.57. The Labute approximate surface area is 127 Å². The molecule has 5 heteroatoms. The lowest BCUT2D eigenvalue weighted by molar-refractivity contribution is -0.104. The molecule has 0 fully saturated rings. The van der Waals surface area contributed by atoms with Gasteiger partial charge in [0.05, 0.1) is 4.90 Å². The van der Waals surface area contributed by atoms with Crippen molar-refractivity contribution in [3.63, 3.8) is 0 Å². The topological polar surface area (TPSA) is 42.3 Å². The Morgan fingerprint density at radius 1 is 1.19 bits per heavy atom. The molecule has 4 nitrogen and oxygen atoms in total. The zero-order chi connectivity index (χ0) is 15.2. The highest BCUT2D eigenvalue weighted by Gasteiger charge is 2.06. The predicted molar refractivity (Wildman–Crippen MR) is 85.2 cm³/mol. The molecule has 0 aliphatic rings. The third kappa shape index (κ3) is 4.24. The van der Waals surface area contributed by atoms with E-state index in [4.69, 9.17) is 0 Å². The van der Waals surface area contributed by atoms with Gasteiger partial charge in [0.25, 0.3) is 0 Å². The Balaban J connectivity index is 2.14. The molecule has 2 aromatic rings. The van der Waals surface area contributed by atoms with Crippen LogP contribution in [0.3, 0.4) is 0 Å². The Morgan fingerprint density at radius 3 is 2.52 bits per heavy atom. The molecule has 0 spiro atoms. The predicted octanol–water partition coefficient (Wildman–Crippen LogP) is 2.33. The van der Waals surface area contributed by atoms with E-state index in [0.717, 1.165) is 23.3 Å². The molecule has 0 aliphatic carbocycles. The maximum absolute atomic E-state index is 12.4. The van der Waals surface area contributed by atoms with E-state index in [1.165, 1.54) is 11.6 Å². The molecular weight excluding hydrogens is 284 g/mol. The van der Waals surface area contributed by atoms with Gasteiger partial charge in [-0.25, -0.2) is 4.21 Å². The van der Waals surface area contributed by atoms with E-state index < -0.39 is 11.0 Å². The standard InChI is InChI=1S/C16H18N2O2S/c1-17(2)12-15-5-7-16(8-6-15)21(20)18-10-9-14(13-18)4-3-11-19/h3-11,13H,12H2,1-2H3/b4-3+. The molecule has 0 saturated carbocycles. The van der Waals surface area contributed by atoms with Gasteiger partial charge in [0.15, 0.2) is 11.0 Å². The van der Waals surface area contributed by atoms with Crippen molar-refractivity contribution in [3.05, 3.63) is 59.9 Å². The van der Waals surface area contributed by atoms with Gasteiger partial charge in [0, 0.05) is 18.9 Å². The van der Waals surface area contributed by atoms with Gasteiger partial charge in [-0.15, -0.1) is 0 Å². The summed E-state index contributed by atoms with van der Waals surface area (Å²) in [6.07, 6.45) is 7.31. The smallest absolute Gasteiger partial charge is 0.156 e. The Hall–Kier alpha value is -1.98. The lowest BCUT2D eigenvalue weighted by Crippen LogP contribution is -2.10. The lowest BCUT2D eigenvalue weighted by atomic mass is 10.2. The molecule has 0 radical (unpaired) electrons. The van der Waals surface area contributed by atoms with Crippen molar-refractivity contribution in [3.8, 4) is 0 Å². The number of allylic oxidation sites excluding steroid dienone is 1. The van der Waals surface area contributed by atoms with Crippen molar-refractivity contribution in [2.24, 2.45) is 0 Å². The van der Waals surface area contributed by atoms with Crippen molar-refractivity contribution >= 4 is 23.3 Å². The fourth-order valence-electron chi connectivity index (χ4n) is 1.94. The van der Waals surface area contributed by atoms with Crippen LogP contribution < -0.4 is 0 Å². The number of hydrogen-bond donors (Lipinski definition) is 0. The average molecular weight is 302 g/mol.